The Bertz CT molecular complexity index is 581. The summed E-state index contributed by atoms with van der Waals surface area (Å²) in [6.07, 6.45) is 3.06. The van der Waals surface area contributed by atoms with Gasteiger partial charge < -0.3 is 19.9 Å². The minimum atomic E-state index is -0.832. The second-order valence-corrected chi connectivity index (χ2v) is 6.30. The van der Waals surface area contributed by atoms with Gasteiger partial charge in [0.05, 0.1) is 6.61 Å². The van der Waals surface area contributed by atoms with Gasteiger partial charge in [-0.1, -0.05) is 6.07 Å². The zero-order chi connectivity index (χ0) is 17.0. The fourth-order valence-corrected chi connectivity index (χ4v) is 3.08. The number of hydrogen-bond acceptors (Lipinski definition) is 5. The second kappa shape index (κ2) is 7.17. The molecule has 0 radical (unpaired) electrons. The predicted octanol–water partition coefficient (Wildman–Crippen LogP) is 0.273. The Morgan fingerprint density at radius 3 is 2.58 bits per heavy atom. The summed E-state index contributed by atoms with van der Waals surface area (Å²) in [5.74, 6) is 0.748. The first-order chi connectivity index (χ1) is 11.7. The lowest BCUT2D eigenvalue weighted by Gasteiger charge is -2.36. The highest BCUT2D eigenvalue weighted by atomic mass is 16.5. The lowest BCUT2D eigenvalue weighted by molar-refractivity contribution is -0.144. The van der Waals surface area contributed by atoms with Gasteiger partial charge in [0, 0.05) is 46.0 Å². The molecule has 1 aromatic rings. The largest absolute Gasteiger partial charge is 0.383 e. The van der Waals surface area contributed by atoms with Crippen LogP contribution in [-0.4, -0.2) is 68.1 Å². The summed E-state index contributed by atoms with van der Waals surface area (Å²) in [4.78, 5) is 33.5. The molecule has 0 atom stereocenters. The number of nitrogens with zero attached hydrogens (tertiary/aromatic N) is 3. The quantitative estimate of drug-likeness (QED) is 0.598. The number of methoxy groups -OCH3 is 1. The summed E-state index contributed by atoms with van der Waals surface area (Å²) in [6, 6.07) is 5.83. The number of carbonyl (C=O) groups excluding carboxylic acids is 2. The number of rotatable bonds is 6. The van der Waals surface area contributed by atoms with Crippen molar-refractivity contribution in [3.05, 3.63) is 24.4 Å². The molecule has 1 saturated heterocycles. The van der Waals surface area contributed by atoms with Crippen LogP contribution in [0.3, 0.4) is 0 Å². The monoisotopic (exact) mass is 332 g/mol. The van der Waals surface area contributed by atoms with Crippen LogP contribution in [0.5, 0.6) is 0 Å². The third-order valence-electron chi connectivity index (χ3n) is 4.73. The van der Waals surface area contributed by atoms with Crippen molar-refractivity contribution < 1.29 is 14.3 Å². The Morgan fingerprint density at radius 1 is 1.25 bits per heavy atom. The van der Waals surface area contributed by atoms with E-state index >= 15 is 0 Å². The third-order valence-corrected chi connectivity index (χ3v) is 4.73. The fraction of sp³-hybridized carbons (Fsp3) is 0.588. The van der Waals surface area contributed by atoms with Crippen molar-refractivity contribution in [2.45, 2.75) is 12.8 Å². The number of ether oxygens (including phenoxy) is 1. The minimum Gasteiger partial charge on any atom is -0.383 e. The fourth-order valence-electron chi connectivity index (χ4n) is 3.08. The summed E-state index contributed by atoms with van der Waals surface area (Å²) in [7, 11) is 1.59. The van der Waals surface area contributed by atoms with Crippen molar-refractivity contribution in [3.8, 4) is 0 Å². The molecule has 0 spiro atoms. The van der Waals surface area contributed by atoms with E-state index in [2.05, 4.69) is 15.2 Å². The zero-order valence-electron chi connectivity index (χ0n) is 14.0. The van der Waals surface area contributed by atoms with Gasteiger partial charge in [0.25, 0.3) is 0 Å². The average Bonchev–Trinajstić information content (AvgIpc) is 3.44. The predicted molar refractivity (Wildman–Crippen MR) is 89.6 cm³/mol. The minimum absolute atomic E-state index is 0.0295. The van der Waals surface area contributed by atoms with Gasteiger partial charge in [-0.2, -0.15) is 0 Å². The van der Waals surface area contributed by atoms with Crippen LogP contribution in [0.25, 0.3) is 0 Å². The molecule has 2 aliphatic rings. The normalized spacial score (nSPS) is 19.0. The van der Waals surface area contributed by atoms with E-state index in [1.165, 1.54) is 0 Å². The number of amides is 2. The summed E-state index contributed by atoms with van der Waals surface area (Å²) in [6.45, 7) is 3.63. The van der Waals surface area contributed by atoms with E-state index in [0.29, 0.717) is 39.1 Å². The Labute approximate surface area is 142 Å². The molecule has 1 aromatic heterocycles. The second-order valence-electron chi connectivity index (χ2n) is 6.30. The Hall–Kier alpha value is -2.15. The average molecular weight is 332 g/mol. The van der Waals surface area contributed by atoms with Crippen LogP contribution in [0.4, 0.5) is 5.82 Å². The number of pyridine rings is 1. The molecule has 2 amide bonds. The van der Waals surface area contributed by atoms with Crippen molar-refractivity contribution in [3.63, 3.8) is 0 Å². The maximum absolute atomic E-state index is 12.8. The molecule has 2 heterocycles. The van der Waals surface area contributed by atoms with E-state index in [4.69, 9.17) is 4.74 Å². The van der Waals surface area contributed by atoms with E-state index in [9.17, 15) is 9.59 Å². The molecule has 0 bridgehead atoms. The molecular formula is C17H24N4O3. The van der Waals surface area contributed by atoms with E-state index < -0.39 is 5.41 Å². The molecule has 0 unspecified atom stereocenters. The maximum atomic E-state index is 12.8. The van der Waals surface area contributed by atoms with Crippen molar-refractivity contribution >= 4 is 17.6 Å². The number of carbonyl (C=O) groups is 2. The molecule has 24 heavy (non-hydrogen) atoms. The van der Waals surface area contributed by atoms with Gasteiger partial charge in [0.1, 0.15) is 11.2 Å². The molecule has 1 aliphatic heterocycles. The first kappa shape index (κ1) is 16.7. The summed E-state index contributed by atoms with van der Waals surface area (Å²) in [5, 5.41) is 2.81. The first-order valence-corrected chi connectivity index (χ1v) is 8.40. The van der Waals surface area contributed by atoms with Gasteiger partial charge in [0.2, 0.25) is 11.8 Å². The molecule has 1 aliphatic carbocycles. The molecule has 3 rings (SSSR count). The molecule has 130 valence electrons. The number of anilines is 1. The highest BCUT2D eigenvalue weighted by Gasteiger charge is 2.58. The van der Waals surface area contributed by atoms with Crippen molar-refractivity contribution in [1.82, 2.24) is 15.2 Å². The molecule has 1 N–H and O–H groups in total. The number of piperazine rings is 1. The van der Waals surface area contributed by atoms with Gasteiger partial charge in [-0.05, 0) is 25.0 Å². The zero-order valence-corrected chi connectivity index (χ0v) is 14.0. The molecule has 0 aromatic carbocycles. The molecule has 7 nitrogen and oxygen atoms in total. The molecular weight excluding hydrogens is 308 g/mol. The summed E-state index contributed by atoms with van der Waals surface area (Å²) >= 11 is 0. The van der Waals surface area contributed by atoms with Crippen LogP contribution in [0.2, 0.25) is 0 Å². The SMILES string of the molecule is COCCNC(=O)C1(C(=O)N2CCN(c3ccccn3)CC2)CC1. The third kappa shape index (κ3) is 3.36. The van der Waals surface area contributed by atoms with Gasteiger partial charge in [0.15, 0.2) is 0 Å². The van der Waals surface area contributed by atoms with Crippen LogP contribution in [0.15, 0.2) is 24.4 Å². The topological polar surface area (TPSA) is 74.8 Å². The van der Waals surface area contributed by atoms with E-state index in [1.807, 2.05) is 23.1 Å². The van der Waals surface area contributed by atoms with Crippen LogP contribution in [-0.2, 0) is 14.3 Å². The number of hydrogen-bond donors (Lipinski definition) is 1. The van der Waals surface area contributed by atoms with E-state index in [1.54, 1.807) is 13.3 Å². The van der Waals surface area contributed by atoms with Crippen molar-refractivity contribution in [2.24, 2.45) is 5.41 Å². The van der Waals surface area contributed by atoms with Gasteiger partial charge in [-0.3, -0.25) is 9.59 Å². The van der Waals surface area contributed by atoms with Crippen LogP contribution >= 0.6 is 0 Å². The standard InChI is InChI=1S/C17H24N4O3/c1-24-13-8-19-15(22)17(5-6-17)16(23)21-11-9-20(10-12-21)14-4-2-3-7-18-14/h2-4,7H,5-6,8-13H2,1H3,(H,19,22). The lowest BCUT2D eigenvalue weighted by atomic mass is 10.0. The Balaban J connectivity index is 1.54. The Kier molecular flexibility index (Phi) is 4.99. The highest BCUT2D eigenvalue weighted by Crippen LogP contribution is 2.47. The maximum Gasteiger partial charge on any atom is 0.238 e. The smallest absolute Gasteiger partial charge is 0.238 e. The van der Waals surface area contributed by atoms with Crippen molar-refractivity contribution in [1.29, 1.82) is 0 Å². The molecule has 7 heteroatoms. The van der Waals surface area contributed by atoms with Gasteiger partial charge >= 0.3 is 0 Å². The molecule has 2 fully saturated rings. The lowest BCUT2D eigenvalue weighted by Crippen LogP contribution is -2.53. The van der Waals surface area contributed by atoms with Crippen LogP contribution < -0.4 is 10.2 Å². The van der Waals surface area contributed by atoms with E-state index in [-0.39, 0.29) is 11.8 Å². The highest BCUT2D eigenvalue weighted by molar-refractivity contribution is 6.07. The molecule has 1 saturated carbocycles. The summed E-state index contributed by atoms with van der Waals surface area (Å²) < 4.78 is 4.93. The van der Waals surface area contributed by atoms with Crippen molar-refractivity contribution in [2.75, 3.05) is 51.3 Å². The Morgan fingerprint density at radius 2 is 2.00 bits per heavy atom. The summed E-state index contributed by atoms with van der Waals surface area (Å²) in [5.41, 5.74) is -0.832. The first-order valence-electron chi connectivity index (χ1n) is 8.40. The van der Waals surface area contributed by atoms with Gasteiger partial charge in [-0.25, -0.2) is 4.98 Å². The van der Waals surface area contributed by atoms with Gasteiger partial charge in [-0.15, -0.1) is 0 Å². The van der Waals surface area contributed by atoms with Crippen LogP contribution in [0.1, 0.15) is 12.8 Å². The number of nitrogens with one attached hydrogen (secondary N) is 1. The van der Waals surface area contributed by atoms with Crippen LogP contribution in [0, 0.1) is 5.41 Å². The van der Waals surface area contributed by atoms with E-state index in [0.717, 1.165) is 18.9 Å². The number of aromatic nitrogens is 1.